The summed E-state index contributed by atoms with van der Waals surface area (Å²) in [5.41, 5.74) is 5.20. The maximum Gasteiger partial charge on any atom is 0.326 e. The van der Waals surface area contributed by atoms with Crippen molar-refractivity contribution in [2.45, 2.75) is 13.0 Å². The number of carboxylic acid groups (broad SMARTS) is 1. The fourth-order valence-electron chi connectivity index (χ4n) is 0.744. The number of carbonyl (C=O) groups is 2. The second-order valence-electron chi connectivity index (χ2n) is 2.22. The number of aliphatic carboxylic acids is 1. The molecule has 5 nitrogen and oxygen atoms in total. The number of nitrogens with one attached hydrogen (secondary N) is 2. The molecule has 0 aromatic carbocycles. The number of ketones is 1. The molecule has 0 fully saturated rings. The monoisotopic (exact) mass is 156 g/mol. The van der Waals surface area contributed by atoms with E-state index in [1.54, 1.807) is 0 Å². The van der Waals surface area contributed by atoms with Gasteiger partial charge in [-0.25, -0.2) is 5.43 Å². The third kappa shape index (κ3) is 1.56. The first-order chi connectivity index (χ1) is 5.11. The summed E-state index contributed by atoms with van der Waals surface area (Å²) in [6, 6.07) is -0.797. The Morgan fingerprint density at radius 1 is 1.64 bits per heavy atom. The molecule has 11 heavy (non-hydrogen) atoms. The maximum absolute atomic E-state index is 10.7. The van der Waals surface area contributed by atoms with Crippen molar-refractivity contribution in [3.05, 3.63) is 11.8 Å². The third-order valence-corrected chi connectivity index (χ3v) is 1.34. The number of rotatable bonds is 2. The molecule has 0 saturated heterocycles. The van der Waals surface area contributed by atoms with Gasteiger partial charge in [0.25, 0.3) is 0 Å². The van der Waals surface area contributed by atoms with Gasteiger partial charge in [-0.15, -0.1) is 0 Å². The average Bonchev–Trinajstić information content (AvgIpc) is 2.33. The molecule has 0 aromatic rings. The van der Waals surface area contributed by atoms with Gasteiger partial charge in [0.1, 0.15) is 6.04 Å². The van der Waals surface area contributed by atoms with E-state index in [4.69, 9.17) is 5.11 Å². The van der Waals surface area contributed by atoms with Crippen molar-refractivity contribution in [1.29, 1.82) is 0 Å². The van der Waals surface area contributed by atoms with E-state index >= 15 is 0 Å². The highest BCUT2D eigenvalue weighted by Gasteiger charge is 2.22. The Hall–Kier alpha value is -1.36. The minimum Gasteiger partial charge on any atom is -0.480 e. The van der Waals surface area contributed by atoms with Crippen LogP contribution in [0.15, 0.2) is 11.8 Å². The molecule has 0 saturated carbocycles. The third-order valence-electron chi connectivity index (χ3n) is 1.34. The summed E-state index contributed by atoms with van der Waals surface area (Å²) < 4.78 is 0. The molecule has 1 rings (SSSR count). The minimum atomic E-state index is -1.01. The Morgan fingerprint density at radius 3 is 2.55 bits per heavy atom. The predicted molar refractivity (Wildman–Crippen MR) is 36.5 cm³/mol. The van der Waals surface area contributed by atoms with Crippen LogP contribution in [0.4, 0.5) is 0 Å². The molecule has 0 bridgehead atoms. The lowest BCUT2D eigenvalue weighted by Gasteiger charge is -2.00. The molecular weight excluding hydrogens is 148 g/mol. The van der Waals surface area contributed by atoms with Crippen molar-refractivity contribution in [3.63, 3.8) is 0 Å². The van der Waals surface area contributed by atoms with E-state index in [2.05, 4.69) is 10.9 Å². The minimum absolute atomic E-state index is 0.179. The molecule has 1 unspecified atom stereocenters. The van der Waals surface area contributed by atoms with Crippen LogP contribution in [0.3, 0.4) is 0 Å². The van der Waals surface area contributed by atoms with Crippen molar-refractivity contribution >= 4 is 11.8 Å². The molecule has 1 aliphatic rings. The molecule has 0 aromatic heterocycles. The summed E-state index contributed by atoms with van der Waals surface area (Å²) >= 11 is 0. The Kier molecular flexibility index (Phi) is 1.91. The number of carboxylic acids is 1. The maximum atomic E-state index is 10.7. The van der Waals surface area contributed by atoms with Crippen molar-refractivity contribution in [1.82, 2.24) is 10.9 Å². The van der Waals surface area contributed by atoms with Crippen molar-refractivity contribution in [3.8, 4) is 0 Å². The second kappa shape index (κ2) is 2.71. The summed E-state index contributed by atoms with van der Waals surface area (Å²) in [6.45, 7) is 1.37. The summed E-state index contributed by atoms with van der Waals surface area (Å²) in [6.07, 6.45) is 1.34. The number of hydrogen-bond donors (Lipinski definition) is 3. The van der Waals surface area contributed by atoms with Gasteiger partial charge in [0.2, 0.25) is 0 Å². The molecular formula is C6H8N2O3. The van der Waals surface area contributed by atoms with Crippen LogP contribution in [-0.2, 0) is 9.59 Å². The molecule has 1 aliphatic heterocycles. The summed E-state index contributed by atoms with van der Waals surface area (Å²) in [5, 5.41) is 8.45. The Bertz CT molecular complexity index is 234. The van der Waals surface area contributed by atoms with Crippen LogP contribution < -0.4 is 10.9 Å². The summed E-state index contributed by atoms with van der Waals surface area (Å²) in [7, 11) is 0. The van der Waals surface area contributed by atoms with Crippen LogP contribution >= 0.6 is 0 Å². The van der Waals surface area contributed by atoms with Crippen LogP contribution in [-0.4, -0.2) is 22.9 Å². The molecule has 0 amide bonds. The number of hydrogen-bond acceptors (Lipinski definition) is 4. The highest BCUT2D eigenvalue weighted by molar-refractivity contribution is 5.94. The first-order valence-corrected chi connectivity index (χ1v) is 3.08. The lowest BCUT2D eigenvalue weighted by atomic mass is 10.2. The first-order valence-electron chi connectivity index (χ1n) is 3.08. The quantitative estimate of drug-likeness (QED) is 0.479. The number of Topliss-reactive ketones (excluding diaryl/α,β-unsaturated/α-hetero) is 1. The van der Waals surface area contributed by atoms with Crippen LogP contribution in [0, 0.1) is 0 Å². The average molecular weight is 156 g/mol. The van der Waals surface area contributed by atoms with Gasteiger partial charge in [0.15, 0.2) is 5.78 Å². The second-order valence-corrected chi connectivity index (χ2v) is 2.22. The zero-order valence-electron chi connectivity index (χ0n) is 5.92. The van der Waals surface area contributed by atoms with Crippen molar-refractivity contribution < 1.29 is 14.7 Å². The van der Waals surface area contributed by atoms with E-state index in [0.717, 1.165) is 0 Å². The van der Waals surface area contributed by atoms with E-state index in [1.807, 2.05) is 0 Å². The lowest BCUT2D eigenvalue weighted by molar-refractivity contribution is -0.138. The highest BCUT2D eigenvalue weighted by Crippen LogP contribution is 2.00. The van der Waals surface area contributed by atoms with Crippen molar-refractivity contribution in [2.24, 2.45) is 0 Å². The van der Waals surface area contributed by atoms with E-state index < -0.39 is 12.0 Å². The molecule has 60 valence electrons. The standard InChI is InChI=1S/C6H8N2O3/c1-3(9)4-2-5(6(10)11)8-7-4/h2,5,7-8H,1H3,(H,10,11). The highest BCUT2D eigenvalue weighted by atomic mass is 16.4. The van der Waals surface area contributed by atoms with Gasteiger partial charge < -0.3 is 10.5 Å². The topological polar surface area (TPSA) is 78.4 Å². The molecule has 1 heterocycles. The zero-order valence-corrected chi connectivity index (χ0v) is 5.92. The SMILES string of the molecule is CC(=O)C1=CC(C(=O)O)NN1. The van der Waals surface area contributed by atoms with Gasteiger partial charge >= 0.3 is 5.97 Å². The van der Waals surface area contributed by atoms with Crippen LogP contribution in [0.1, 0.15) is 6.92 Å². The normalized spacial score (nSPS) is 22.3. The van der Waals surface area contributed by atoms with E-state index in [1.165, 1.54) is 13.0 Å². The van der Waals surface area contributed by atoms with Gasteiger partial charge in [-0.3, -0.25) is 9.59 Å². The largest absolute Gasteiger partial charge is 0.480 e. The predicted octanol–water partition coefficient (Wildman–Crippen LogP) is -0.980. The van der Waals surface area contributed by atoms with Crippen molar-refractivity contribution in [2.75, 3.05) is 0 Å². The van der Waals surface area contributed by atoms with Crippen LogP contribution in [0.2, 0.25) is 0 Å². The fourth-order valence-corrected chi connectivity index (χ4v) is 0.744. The van der Waals surface area contributed by atoms with E-state index in [9.17, 15) is 9.59 Å². The van der Waals surface area contributed by atoms with Gasteiger partial charge in [0.05, 0.1) is 5.70 Å². The molecule has 0 aliphatic carbocycles. The summed E-state index contributed by atoms with van der Waals surface area (Å²) in [4.78, 5) is 21.0. The number of hydrazine groups is 1. The zero-order chi connectivity index (χ0) is 8.43. The molecule has 0 radical (unpaired) electrons. The fraction of sp³-hybridized carbons (Fsp3) is 0.333. The first kappa shape index (κ1) is 7.74. The van der Waals surface area contributed by atoms with E-state index in [0.29, 0.717) is 5.70 Å². The lowest BCUT2D eigenvalue weighted by Crippen LogP contribution is -2.37. The summed E-state index contributed by atoms with van der Waals surface area (Å²) in [5.74, 6) is -1.19. The Morgan fingerprint density at radius 2 is 2.27 bits per heavy atom. The Labute approximate surface area is 63.1 Å². The van der Waals surface area contributed by atoms with Gasteiger partial charge in [-0.2, -0.15) is 0 Å². The Balaban J connectivity index is 2.68. The molecule has 3 N–H and O–H groups in total. The van der Waals surface area contributed by atoms with Crippen LogP contribution in [0.25, 0.3) is 0 Å². The smallest absolute Gasteiger partial charge is 0.326 e. The number of allylic oxidation sites excluding steroid dienone is 1. The van der Waals surface area contributed by atoms with Crippen LogP contribution in [0.5, 0.6) is 0 Å². The molecule has 5 heteroatoms. The van der Waals surface area contributed by atoms with E-state index in [-0.39, 0.29) is 5.78 Å². The van der Waals surface area contributed by atoms with Gasteiger partial charge in [0, 0.05) is 6.92 Å². The molecule has 0 spiro atoms. The number of carbonyl (C=O) groups excluding carboxylic acids is 1. The van der Waals surface area contributed by atoms with Gasteiger partial charge in [-0.05, 0) is 6.08 Å². The van der Waals surface area contributed by atoms with Gasteiger partial charge in [-0.1, -0.05) is 0 Å². The molecule has 1 atom stereocenters.